The number of esters is 1. The third kappa shape index (κ3) is 5.26. The summed E-state index contributed by atoms with van der Waals surface area (Å²) in [5.41, 5.74) is -0.437. The van der Waals surface area contributed by atoms with Crippen molar-refractivity contribution < 1.29 is 32.6 Å². The van der Waals surface area contributed by atoms with Crippen molar-refractivity contribution >= 4 is 21.7 Å². The number of sulfone groups is 1. The molecule has 1 aliphatic heterocycles. The van der Waals surface area contributed by atoms with Crippen molar-refractivity contribution in [1.82, 2.24) is 5.32 Å². The van der Waals surface area contributed by atoms with E-state index in [1.165, 1.54) is 7.11 Å². The van der Waals surface area contributed by atoms with E-state index in [0.29, 0.717) is 5.56 Å². The minimum atomic E-state index is -3.33. The van der Waals surface area contributed by atoms with Crippen LogP contribution in [0.1, 0.15) is 22.3 Å². The molecule has 0 aromatic heterocycles. The fraction of sp³-hybridized carbons (Fsp3) is 0.455. The second-order valence-corrected chi connectivity index (χ2v) is 9.68. The summed E-state index contributed by atoms with van der Waals surface area (Å²) in [5, 5.41) is 11.5. The Balaban J connectivity index is 1.67. The summed E-state index contributed by atoms with van der Waals surface area (Å²) < 4.78 is 33.4. The van der Waals surface area contributed by atoms with Gasteiger partial charge in [-0.25, -0.2) is 13.2 Å². The molecule has 0 radical (unpaired) electrons. The predicted molar refractivity (Wildman–Crippen MR) is 111 cm³/mol. The highest BCUT2D eigenvalue weighted by Crippen LogP contribution is 2.36. The largest absolute Gasteiger partial charge is 0.467 e. The molecule has 1 aliphatic carbocycles. The zero-order valence-electron chi connectivity index (χ0n) is 17.2. The standard InChI is InChI=1S/C22H23NO7S/c1-29-21(26)19(22(30-2)13-31(27,28)14-22)23-20(25)16-9-7-15(8-10-16)5-3-4-6-17-11-18(17)12-24/h7-10,17-19,24H,11-14H2,1-2H3,(H,23,25)/t17-,18+,19?/m1/s1. The monoisotopic (exact) mass is 445 g/mol. The first-order chi connectivity index (χ1) is 14.7. The predicted octanol–water partition coefficient (Wildman–Crippen LogP) is -0.245. The number of amides is 1. The average molecular weight is 445 g/mol. The van der Waals surface area contributed by atoms with E-state index in [-0.39, 0.29) is 35.5 Å². The third-order valence-electron chi connectivity index (χ3n) is 5.40. The maximum absolute atomic E-state index is 12.6. The molecule has 0 bridgehead atoms. The molecular formula is C22H23NO7S. The van der Waals surface area contributed by atoms with Crippen LogP contribution in [0.4, 0.5) is 0 Å². The lowest BCUT2D eigenvalue weighted by atomic mass is 9.96. The number of carbonyl (C=O) groups excluding carboxylic acids is 2. The average Bonchev–Trinajstić information content (AvgIpc) is 3.51. The van der Waals surface area contributed by atoms with Gasteiger partial charge in [-0.2, -0.15) is 0 Å². The fourth-order valence-electron chi connectivity index (χ4n) is 3.41. The number of hydrogen-bond donors (Lipinski definition) is 2. The van der Waals surface area contributed by atoms with E-state index >= 15 is 0 Å². The van der Waals surface area contributed by atoms with Gasteiger partial charge in [0.1, 0.15) is 5.60 Å². The summed E-state index contributed by atoms with van der Waals surface area (Å²) in [5.74, 6) is 9.73. The van der Waals surface area contributed by atoms with Crippen molar-refractivity contribution in [3.63, 3.8) is 0 Å². The minimum absolute atomic E-state index is 0.147. The molecule has 1 unspecified atom stereocenters. The molecule has 164 valence electrons. The molecule has 1 saturated heterocycles. The van der Waals surface area contributed by atoms with Crippen molar-refractivity contribution in [1.29, 1.82) is 0 Å². The minimum Gasteiger partial charge on any atom is -0.467 e. The van der Waals surface area contributed by atoms with Gasteiger partial charge in [0.25, 0.3) is 5.91 Å². The molecule has 9 heteroatoms. The molecule has 1 aromatic carbocycles. The number of hydrogen-bond acceptors (Lipinski definition) is 7. The summed E-state index contributed by atoms with van der Waals surface area (Å²) >= 11 is 0. The molecule has 0 spiro atoms. The number of methoxy groups -OCH3 is 2. The summed E-state index contributed by atoms with van der Waals surface area (Å²) in [6.45, 7) is 0.147. The SMILES string of the molecule is COC(=O)C(NC(=O)c1ccc(C#CC#C[C@@H]2C[C@H]2CO)cc1)C1(OC)CS(=O)(=O)C1. The molecule has 1 amide bonds. The topological polar surface area (TPSA) is 119 Å². The number of aliphatic hydroxyl groups is 1. The Labute approximate surface area is 181 Å². The van der Waals surface area contributed by atoms with E-state index in [2.05, 4.69) is 29.0 Å². The van der Waals surface area contributed by atoms with E-state index in [1.54, 1.807) is 24.3 Å². The van der Waals surface area contributed by atoms with E-state index in [4.69, 9.17) is 14.6 Å². The van der Waals surface area contributed by atoms with Crippen LogP contribution in [0.5, 0.6) is 0 Å². The Hall–Kier alpha value is -2.85. The van der Waals surface area contributed by atoms with Crippen LogP contribution in [0.3, 0.4) is 0 Å². The lowest BCUT2D eigenvalue weighted by Gasteiger charge is -2.43. The van der Waals surface area contributed by atoms with Crippen LogP contribution in [-0.2, 0) is 24.1 Å². The van der Waals surface area contributed by atoms with Crippen LogP contribution in [-0.4, -0.2) is 69.4 Å². The van der Waals surface area contributed by atoms with Gasteiger partial charge in [0.15, 0.2) is 15.9 Å². The Kier molecular flexibility index (Phi) is 6.71. The molecule has 1 saturated carbocycles. The normalized spacial score (nSPS) is 22.9. The fourth-order valence-corrected chi connectivity index (χ4v) is 5.38. The van der Waals surface area contributed by atoms with Gasteiger partial charge in [0.05, 0.1) is 18.6 Å². The Bertz CT molecular complexity index is 1070. The number of aliphatic hydroxyl groups excluding tert-OH is 1. The van der Waals surface area contributed by atoms with Crippen LogP contribution in [0.25, 0.3) is 0 Å². The van der Waals surface area contributed by atoms with E-state index in [1.807, 2.05) is 0 Å². The van der Waals surface area contributed by atoms with Crippen LogP contribution in [0.15, 0.2) is 24.3 Å². The number of benzene rings is 1. The summed E-state index contributed by atoms with van der Waals surface area (Å²) in [4.78, 5) is 24.9. The first-order valence-electron chi connectivity index (χ1n) is 9.60. The second-order valence-electron chi connectivity index (χ2n) is 7.61. The van der Waals surface area contributed by atoms with E-state index < -0.39 is 33.4 Å². The number of nitrogens with one attached hydrogen (secondary N) is 1. The van der Waals surface area contributed by atoms with Crippen molar-refractivity contribution in [3.8, 4) is 23.7 Å². The number of ether oxygens (including phenoxy) is 2. The van der Waals surface area contributed by atoms with Crippen LogP contribution in [0, 0.1) is 35.5 Å². The maximum Gasteiger partial charge on any atom is 0.331 e. The third-order valence-corrected chi connectivity index (χ3v) is 7.26. The highest BCUT2D eigenvalue weighted by molar-refractivity contribution is 7.93. The summed E-state index contributed by atoms with van der Waals surface area (Å²) in [6.07, 6.45) is 0.901. The first-order valence-corrected chi connectivity index (χ1v) is 11.4. The first kappa shape index (κ1) is 22.8. The van der Waals surface area contributed by atoms with Crippen LogP contribution in [0.2, 0.25) is 0 Å². The lowest BCUT2D eigenvalue weighted by Crippen LogP contribution is -2.70. The summed E-state index contributed by atoms with van der Waals surface area (Å²) in [6, 6.07) is 5.11. The van der Waals surface area contributed by atoms with E-state index in [9.17, 15) is 18.0 Å². The van der Waals surface area contributed by atoms with Gasteiger partial charge in [-0.05, 0) is 48.4 Å². The summed E-state index contributed by atoms with van der Waals surface area (Å²) in [7, 11) is -0.888. The zero-order valence-corrected chi connectivity index (χ0v) is 18.0. The Morgan fingerprint density at radius 3 is 2.42 bits per heavy atom. The highest BCUT2D eigenvalue weighted by Gasteiger charge is 2.58. The molecule has 2 fully saturated rings. The Morgan fingerprint density at radius 1 is 1.23 bits per heavy atom. The van der Waals surface area contributed by atoms with Crippen LogP contribution >= 0.6 is 0 Å². The van der Waals surface area contributed by atoms with Gasteiger partial charge in [-0.15, -0.1) is 0 Å². The molecule has 2 N–H and O–H groups in total. The molecule has 3 atom stereocenters. The molecule has 3 rings (SSSR count). The number of rotatable bonds is 6. The van der Waals surface area contributed by atoms with Gasteiger partial charge < -0.3 is 19.9 Å². The Morgan fingerprint density at radius 2 is 1.90 bits per heavy atom. The van der Waals surface area contributed by atoms with Gasteiger partial charge in [0.2, 0.25) is 0 Å². The van der Waals surface area contributed by atoms with Crippen molar-refractivity contribution in [2.45, 2.75) is 18.1 Å². The van der Waals surface area contributed by atoms with Gasteiger partial charge in [-0.1, -0.05) is 11.8 Å². The highest BCUT2D eigenvalue weighted by atomic mass is 32.2. The molecule has 1 aromatic rings. The van der Waals surface area contributed by atoms with Crippen molar-refractivity contribution in [2.24, 2.45) is 11.8 Å². The smallest absolute Gasteiger partial charge is 0.331 e. The molecule has 31 heavy (non-hydrogen) atoms. The zero-order chi connectivity index (χ0) is 22.6. The van der Waals surface area contributed by atoms with Crippen LogP contribution < -0.4 is 5.32 Å². The quantitative estimate of drug-likeness (QED) is 0.458. The number of carbonyl (C=O) groups is 2. The molecule has 8 nitrogen and oxygen atoms in total. The molecule has 1 heterocycles. The van der Waals surface area contributed by atoms with Gasteiger partial charge in [0, 0.05) is 30.8 Å². The molecular weight excluding hydrogens is 422 g/mol. The van der Waals surface area contributed by atoms with Crippen molar-refractivity contribution in [3.05, 3.63) is 35.4 Å². The van der Waals surface area contributed by atoms with Gasteiger partial charge >= 0.3 is 5.97 Å². The van der Waals surface area contributed by atoms with Gasteiger partial charge in [-0.3, -0.25) is 4.79 Å². The maximum atomic E-state index is 12.6. The molecule has 2 aliphatic rings. The second kappa shape index (κ2) is 9.11. The van der Waals surface area contributed by atoms with E-state index in [0.717, 1.165) is 13.5 Å². The lowest BCUT2D eigenvalue weighted by molar-refractivity contribution is -0.150. The van der Waals surface area contributed by atoms with Crippen molar-refractivity contribution in [2.75, 3.05) is 32.3 Å².